The fourth-order valence-electron chi connectivity index (χ4n) is 11.2. The first kappa shape index (κ1) is 43.1. The number of allylic oxidation sites excluding steroid dienone is 4. The summed E-state index contributed by atoms with van der Waals surface area (Å²) in [6.07, 6.45) is 7.60. The first-order chi connectivity index (χ1) is 31.4. The van der Waals surface area contributed by atoms with Crippen molar-refractivity contribution < 1.29 is 0 Å². The molecule has 2 atom stereocenters. The maximum Gasteiger partial charge on any atom is 0.249 e. The number of benzene rings is 6. The first-order valence-corrected chi connectivity index (χ1v) is 25.6. The largest absolute Gasteiger partial charge is 0.311 e. The Bertz CT molecular complexity index is 3210. The van der Waals surface area contributed by atoms with Gasteiger partial charge in [0.05, 0.1) is 16.4 Å². The molecule has 1 aromatic heterocycles. The zero-order valence-electron chi connectivity index (χ0n) is 40.7. The Kier molecular flexibility index (Phi) is 9.97. The van der Waals surface area contributed by atoms with Crippen molar-refractivity contribution in [2.45, 2.75) is 99.2 Å². The van der Waals surface area contributed by atoms with Crippen molar-refractivity contribution in [3.8, 4) is 22.3 Å². The van der Waals surface area contributed by atoms with Gasteiger partial charge in [0.2, 0.25) is 6.71 Å². The van der Waals surface area contributed by atoms with Crippen LogP contribution in [0.15, 0.2) is 155 Å². The maximum absolute atomic E-state index is 2.70. The lowest BCUT2D eigenvalue weighted by Crippen LogP contribution is -2.56. The molecule has 3 aliphatic heterocycles. The minimum Gasteiger partial charge on any atom is -0.311 e. The summed E-state index contributed by atoms with van der Waals surface area (Å²) >= 11 is 3.93. The maximum atomic E-state index is 2.70. The topological polar surface area (TPSA) is 6.48 Å². The van der Waals surface area contributed by atoms with Crippen LogP contribution in [-0.4, -0.2) is 12.0 Å². The van der Waals surface area contributed by atoms with Crippen molar-refractivity contribution in [2.24, 2.45) is 11.3 Å². The Morgan fingerprint density at radius 1 is 0.561 bits per heavy atom. The molecule has 0 bridgehead atoms. The Hall–Kier alpha value is -5.49. The minimum atomic E-state index is -0.0198. The van der Waals surface area contributed by atoms with Crippen molar-refractivity contribution >= 4 is 79.3 Å². The second kappa shape index (κ2) is 15.3. The molecule has 11 rings (SSSR count). The molecule has 0 fully saturated rings. The number of aryl methyl sites for hydroxylation is 3. The molecule has 2 nitrogen and oxygen atoms in total. The molecule has 0 saturated heterocycles. The zero-order chi connectivity index (χ0) is 46.2. The highest BCUT2D eigenvalue weighted by Crippen LogP contribution is 2.58. The van der Waals surface area contributed by atoms with E-state index in [-0.39, 0.29) is 28.9 Å². The molecule has 0 amide bonds. The summed E-state index contributed by atoms with van der Waals surface area (Å²) in [6, 6.07) is 44.5. The van der Waals surface area contributed by atoms with Crippen LogP contribution >= 0.6 is 23.1 Å². The lowest BCUT2D eigenvalue weighted by atomic mass is 9.31. The molecule has 7 aromatic rings. The van der Waals surface area contributed by atoms with E-state index in [2.05, 4.69) is 244 Å². The van der Waals surface area contributed by atoms with Crippen LogP contribution in [0.1, 0.15) is 90.1 Å². The quantitative estimate of drug-likeness (QED) is 0.163. The third-order valence-corrected chi connectivity index (χ3v) is 17.0. The van der Waals surface area contributed by atoms with Crippen LogP contribution in [0, 0.1) is 32.1 Å². The number of thiophene rings is 1. The first-order valence-electron chi connectivity index (χ1n) is 23.9. The van der Waals surface area contributed by atoms with E-state index in [1.165, 1.54) is 116 Å². The van der Waals surface area contributed by atoms with Gasteiger partial charge < -0.3 is 9.80 Å². The van der Waals surface area contributed by atoms with Gasteiger partial charge in [-0.3, -0.25) is 0 Å². The van der Waals surface area contributed by atoms with E-state index in [1.54, 1.807) is 0 Å². The molecule has 6 aromatic carbocycles. The number of thioether (sulfide) groups is 1. The predicted octanol–water partition coefficient (Wildman–Crippen LogP) is 16.3. The van der Waals surface area contributed by atoms with Crippen LogP contribution in [0.5, 0.6) is 0 Å². The lowest BCUT2D eigenvalue weighted by molar-refractivity contribution is 0.508. The van der Waals surface area contributed by atoms with Gasteiger partial charge in [-0.15, -0.1) is 23.1 Å². The normalized spacial score (nSPS) is 17.8. The number of anilines is 5. The highest BCUT2D eigenvalue weighted by atomic mass is 32.2. The number of fused-ring (bicyclic) bond motifs is 6. The van der Waals surface area contributed by atoms with E-state index < -0.39 is 0 Å². The molecular formula is C61H61BN2S2. The number of hydrogen-bond acceptors (Lipinski definition) is 4. The average Bonchev–Trinajstić information content (AvgIpc) is 3.88. The number of hydrogen-bond donors (Lipinski definition) is 0. The molecule has 0 saturated carbocycles. The highest BCUT2D eigenvalue weighted by Gasteiger charge is 2.52. The Balaban J connectivity index is 1.26. The standard InChI is InChI=1S/C61H61BN2S2/c1-36-29-42(60(7,8)9)30-37(2)56(36)64-51-23-18-22-50-55(51)62(54-46-33-41(59(4,5)6)26-28-53(46)66-58(54)64)48-32-40(47-35-65-52-24-17-16-21-44(47)52)25-27-49(48)63(50)57-38(3)31-43(61(10,11)12)34-45(57)39-19-14-13-15-20-39/h13-35,46,53H,1-12H3. The van der Waals surface area contributed by atoms with Gasteiger partial charge in [-0.05, 0) is 128 Å². The van der Waals surface area contributed by atoms with E-state index in [0.717, 1.165) is 0 Å². The Morgan fingerprint density at radius 3 is 1.88 bits per heavy atom. The van der Waals surface area contributed by atoms with Gasteiger partial charge in [-0.1, -0.05) is 171 Å². The highest BCUT2D eigenvalue weighted by molar-refractivity contribution is 8.04. The molecular weight excluding hydrogens is 836 g/mol. The van der Waals surface area contributed by atoms with Gasteiger partial charge in [0, 0.05) is 49.4 Å². The van der Waals surface area contributed by atoms with Crippen LogP contribution in [0.3, 0.4) is 0 Å². The second-order valence-electron chi connectivity index (χ2n) is 22.3. The molecule has 0 spiro atoms. The van der Waals surface area contributed by atoms with Crippen LogP contribution in [0.25, 0.3) is 32.3 Å². The lowest BCUT2D eigenvalue weighted by Gasteiger charge is -2.45. The molecule has 330 valence electrons. The molecule has 66 heavy (non-hydrogen) atoms. The molecule has 0 radical (unpaired) electrons. The van der Waals surface area contributed by atoms with Crippen molar-refractivity contribution in [1.29, 1.82) is 0 Å². The third-order valence-electron chi connectivity index (χ3n) is 14.7. The monoisotopic (exact) mass is 896 g/mol. The minimum absolute atomic E-state index is 0.0198. The molecule has 4 aliphatic rings. The van der Waals surface area contributed by atoms with Crippen LogP contribution in [-0.2, 0) is 10.8 Å². The fourth-order valence-corrected chi connectivity index (χ4v) is 13.7. The number of nitrogens with zero attached hydrogens (tertiary/aromatic N) is 2. The zero-order valence-corrected chi connectivity index (χ0v) is 42.4. The van der Waals surface area contributed by atoms with Gasteiger partial charge in [0.25, 0.3) is 0 Å². The molecule has 1 aliphatic carbocycles. The summed E-state index contributed by atoms with van der Waals surface area (Å²) in [4.78, 5) is 5.36. The summed E-state index contributed by atoms with van der Waals surface area (Å²) in [5.74, 6) is 0.241. The van der Waals surface area contributed by atoms with Crippen molar-refractivity contribution in [3.63, 3.8) is 0 Å². The van der Waals surface area contributed by atoms with Crippen molar-refractivity contribution in [1.82, 2.24) is 0 Å². The summed E-state index contributed by atoms with van der Waals surface area (Å²) in [5, 5.41) is 5.40. The third kappa shape index (κ3) is 6.82. The van der Waals surface area contributed by atoms with Crippen LogP contribution in [0.2, 0.25) is 0 Å². The SMILES string of the molecule is Cc1cc(C(C)(C)C)cc(C)c1N1C2=C(B3c4cc(-c5csc6ccccc56)ccc4N(c4c(C)cc(C(C)(C)C)cc4-c4ccccc4)c4cccc1c43)C1C=C(C(C)(C)C)C=CC1S2. The van der Waals surface area contributed by atoms with E-state index in [1.807, 2.05) is 11.3 Å². The van der Waals surface area contributed by atoms with Crippen LogP contribution < -0.4 is 20.7 Å². The van der Waals surface area contributed by atoms with Crippen molar-refractivity contribution in [3.05, 3.63) is 183 Å². The van der Waals surface area contributed by atoms with Gasteiger partial charge in [-0.25, -0.2) is 0 Å². The smallest absolute Gasteiger partial charge is 0.249 e. The average molecular weight is 897 g/mol. The second-order valence-corrected chi connectivity index (χ2v) is 24.4. The van der Waals surface area contributed by atoms with E-state index in [4.69, 9.17) is 0 Å². The van der Waals surface area contributed by atoms with Crippen LogP contribution in [0.4, 0.5) is 28.4 Å². The summed E-state index contributed by atoms with van der Waals surface area (Å²) < 4.78 is 1.33. The Labute approximate surface area is 402 Å². The summed E-state index contributed by atoms with van der Waals surface area (Å²) in [7, 11) is 0. The van der Waals surface area contributed by atoms with Gasteiger partial charge in [-0.2, -0.15) is 0 Å². The van der Waals surface area contributed by atoms with Gasteiger partial charge >= 0.3 is 0 Å². The van der Waals surface area contributed by atoms with E-state index >= 15 is 0 Å². The Morgan fingerprint density at radius 2 is 1.20 bits per heavy atom. The molecule has 0 N–H and O–H groups in total. The molecule has 2 unspecified atom stereocenters. The predicted molar refractivity (Wildman–Crippen MR) is 291 cm³/mol. The van der Waals surface area contributed by atoms with Crippen molar-refractivity contribution in [2.75, 3.05) is 9.80 Å². The van der Waals surface area contributed by atoms with Gasteiger partial charge in [0.15, 0.2) is 0 Å². The summed E-state index contributed by atoms with van der Waals surface area (Å²) in [5.41, 5.74) is 23.9. The fraction of sp³-hybridized carbons (Fsp3) is 0.279. The molecule has 5 heteroatoms. The number of rotatable bonds is 4. The summed E-state index contributed by atoms with van der Waals surface area (Å²) in [6.45, 7) is 28.2. The molecule has 4 heterocycles. The van der Waals surface area contributed by atoms with Gasteiger partial charge in [0.1, 0.15) is 0 Å². The van der Waals surface area contributed by atoms with E-state index in [0.29, 0.717) is 5.25 Å². The van der Waals surface area contributed by atoms with E-state index in [9.17, 15) is 0 Å².